The Labute approximate surface area is 188 Å². The van der Waals surface area contributed by atoms with Crippen molar-refractivity contribution in [3.05, 3.63) is 82.2 Å². The van der Waals surface area contributed by atoms with Gasteiger partial charge in [-0.15, -0.1) is 0 Å². The van der Waals surface area contributed by atoms with Gasteiger partial charge in [-0.2, -0.15) is 0 Å². The van der Waals surface area contributed by atoms with Gasteiger partial charge in [-0.25, -0.2) is 4.98 Å². The number of fused-ring (bicyclic) bond motifs is 2. The SMILES string of the molecule is Cc1nccn1CCCC1=Cc2cc(Cl)ccc2C(N2CCNCC2)c2ncccc21. The largest absolute Gasteiger partial charge is 0.335 e. The summed E-state index contributed by atoms with van der Waals surface area (Å²) in [5.74, 6) is 1.06. The summed E-state index contributed by atoms with van der Waals surface area (Å²) in [6, 6.07) is 10.8. The number of hydrogen-bond donors (Lipinski definition) is 1. The number of hydrogen-bond acceptors (Lipinski definition) is 4. The van der Waals surface area contributed by atoms with Crippen molar-refractivity contribution in [3.63, 3.8) is 0 Å². The smallest absolute Gasteiger partial charge is 0.105 e. The predicted octanol–water partition coefficient (Wildman–Crippen LogP) is 4.57. The van der Waals surface area contributed by atoms with E-state index < -0.39 is 0 Å². The zero-order chi connectivity index (χ0) is 21.2. The second kappa shape index (κ2) is 8.95. The molecular formula is C25H28ClN5. The number of rotatable bonds is 5. The van der Waals surface area contributed by atoms with Gasteiger partial charge in [-0.3, -0.25) is 9.88 Å². The molecule has 1 fully saturated rings. The van der Waals surface area contributed by atoms with Gasteiger partial charge in [0.15, 0.2) is 0 Å². The number of nitrogens with zero attached hydrogens (tertiary/aromatic N) is 4. The Morgan fingerprint density at radius 1 is 1.13 bits per heavy atom. The van der Waals surface area contributed by atoms with E-state index in [4.69, 9.17) is 16.6 Å². The van der Waals surface area contributed by atoms with Crippen LogP contribution in [-0.2, 0) is 6.54 Å². The second-order valence-electron chi connectivity index (χ2n) is 8.34. The maximum Gasteiger partial charge on any atom is 0.105 e. The number of nitrogens with one attached hydrogen (secondary N) is 1. The van der Waals surface area contributed by atoms with Crippen molar-refractivity contribution in [1.29, 1.82) is 0 Å². The predicted molar refractivity (Wildman–Crippen MR) is 126 cm³/mol. The van der Waals surface area contributed by atoms with Crippen molar-refractivity contribution in [2.45, 2.75) is 32.4 Å². The zero-order valence-electron chi connectivity index (χ0n) is 17.9. The van der Waals surface area contributed by atoms with Gasteiger partial charge in [0.25, 0.3) is 0 Å². The van der Waals surface area contributed by atoms with E-state index in [2.05, 4.69) is 63.2 Å². The van der Waals surface area contributed by atoms with Gasteiger partial charge in [-0.05, 0) is 54.7 Å². The van der Waals surface area contributed by atoms with E-state index >= 15 is 0 Å². The summed E-state index contributed by atoms with van der Waals surface area (Å²) in [4.78, 5) is 11.8. The molecule has 1 unspecified atom stereocenters. The Morgan fingerprint density at radius 2 is 2.00 bits per heavy atom. The van der Waals surface area contributed by atoms with Crippen molar-refractivity contribution in [3.8, 4) is 0 Å². The number of halogens is 1. The quantitative estimate of drug-likeness (QED) is 0.640. The van der Waals surface area contributed by atoms with Gasteiger partial charge in [0, 0.05) is 61.9 Å². The summed E-state index contributed by atoms with van der Waals surface area (Å²) >= 11 is 6.43. The number of aromatic nitrogens is 3. The summed E-state index contributed by atoms with van der Waals surface area (Å²) < 4.78 is 2.22. The molecule has 0 radical (unpaired) electrons. The second-order valence-corrected chi connectivity index (χ2v) is 8.78. The molecule has 5 rings (SSSR count). The fourth-order valence-corrected chi connectivity index (χ4v) is 5.02. The minimum Gasteiger partial charge on any atom is -0.335 e. The van der Waals surface area contributed by atoms with Crippen molar-refractivity contribution >= 4 is 23.3 Å². The lowest BCUT2D eigenvalue weighted by Crippen LogP contribution is -2.45. The van der Waals surface area contributed by atoms with Crippen molar-refractivity contribution in [1.82, 2.24) is 24.8 Å². The highest BCUT2D eigenvalue weighted by Crippen LogP contribution is 2.41. The van der Waals surface area contributed by atoms with Gasteiger partial charge >= 0.3 is 0 Å². The fourth-order valence-electron chi connectivity index (χ4n) is 4.84. The standard InChI is InChI=1S/C25H28ClN5/c1-18-28-11-15-30(18)12-3-4-19-16-20-17-21(26)6-7-23(20)25(31-13-9-27-10-14-31)24-22(19)5-2-8-29-24/h2,5-8,11,15-17,25,27H,3-4,9-10,12-14H2,1H3. The lowest BCUT2D eigenvalue weighted by atomic mass is 9.95. The topological polar surface area (TPSA) is 46.0 Å². The normalized spacial score (nSPS) is 18.8. The molecule has 1 aliphatic carbocycles. The average Bonchev–Trinajstić information content (AvgIpc) is 3.14. The van der Waals surface area contributed by atoms with Gasteiger partial charge in [-0.1, -0.05) is 29.8 Å². The average molecular weight is 434 g/mol. The minimum atomic E-state index is 0.148. The number of allylic oxidation sites excluding steroid dienone is 1. The van der Waals surface area contributed by atoms with Crippen LogP contribution in [0.15, 0.2) is 48.9 Å². The first-order valence-electron chi connectivity index (χ1n) is 11.1. The molecule has 1 aliphatic heterocycles. The van der Waals surface area contributed by atoms with E-state index in [1.165, 1.54) is 22.3 Å². The lowest BCUT2D eigenvalue weighted by Gasteiger charge is -2.35. The summed E-state index contributed by atoms with van der Waals surface area (Å²) in [7, 11) is 0. The van der Waals surface area contributed by atoms with Crippen LogP contribution in [0.1, 0.15) is 47.1 Å². The Hall–Kier alpha value is -2.47. The Morgan fingerprint density at radius 3 is 2.81 bits per heavy atom. The molecule has 2 aliphatic rings. The summed E-state index contributed by atoms with van der Waals surface area (Å²) in [5.41, 5.74) is 6.27. The molecule has 0 amide bonds. The third-order valence-electron chi connectivity index (χ3n) is 6.40. The fraction of sp³-hybridized carbons (Fsp3) is 0.360. The summed E-state index contributed by atoms with van der Waals surface area (Å²) in [5, 5.41) is 4.26. The number of imidazole rings is 1. The monoisotopic (exact) mass is 433 g/mol. The molecule has 31 heavy (non-hydrogen) atoms. The third kappa shape index (κ3) is 4.18. The van der Waals surface area contributed by atoms with E-state index in [0.717, 1.165) is 62.1 Å². The molecule has 3 aromatic rings. The maximum atomic E-state index is 6.43. The number of pyridine rings is 1. The molecular weight excluding hydrogens is 406 g/mol. The first-order chi connectivity index (χ1) is 15.2. The van der Waals surface area contributed by atoms with Crippen LogP contribution < -0.4 is 5.32 Å². The van der Waals surface area contributed by atoms with Crippen molar-refractivity contribution in [2.24, 2.45) is 0 Å². The van der Waals surface area contributed by atoms with Gasteiger partial charge in [0.2, 0.25) is 0 Å². The first kappa shape index (κ1) is 20.4. The van der Waals surface area contributed by atoms with E-state index in [0.29, 0.717) is 0 Å². The highest BCUT2D eigenvalue weighted by atomic mass is 35.5. The van der Waals surface area contributed by atoms with Crippen molar-refractivity contribution < 1.29 is 0 Å². The molecule has 2 aromatic heterocycles. The van der Waals surface area contributed by atoms with E-state index in [1.54, 1.807) is 0 Å². The third-order valence-corrected chi connectivity index (χ3v) is 6.64. The molecule has 3 heterocycles. The minimum absolute atomic E-state index is 0.148. The van der Waals surface area contributed by atoms with Crippen LogP contribution in [0, 0.1) is 6.92 Å². The van der Waals surface area contributed by atoms with Crippen LogP contribution in [-0.4, -0.2) is 45.6 Å². The Kier molecular flexibility index (Phi) is 5.90. The molecule has 0 spiro atoms. The van der Waals surface area contributed by atoms with Gasteiger partial charge in [0.05, 0.1) is 11.7 Å². The van der Waals surface area contributed by atoms with Crippen LogP contribution in [0.4, 0.5) is 0 Å². The molecule has 1 saturated heterocycles. The number of piperazine rings is 1. The zero-order valence-corrected chi connectivity index (χ0v) is 18.6. The van der Waals surface area contributed by atoms with Gasteiger partial charge < -0.3 is 9.88 Å². The molecule has 1 atom stereocenters. The van der Waals surface area contributed by atoms with E-state index in [-0.39, 0.29) is 6.04 Å². The van der Waals surface area contributed by atoms with Crippen LogP contribution in [0.5, 0.6) is 0 Å². The Balaban J connectivity index is 1.53. The molecule has 1 aromatic carbocycles. The Bertz CT molecular complexity index is 1100. The van der Waals surface area contributed by atoms with Crippen molar-refractivity contribution in [2.75, 3.05) is 26.2 Å². The highest BCUT2D eigenvalue weighted by molar-refractivity contribution is 6.30. The van der Waals surface area contributed by atoms with Crippen LogP contribution in [0.25, 0.3) is 11.6 Å². The lowest BCUT2D eigenvalue weighted by molar-refractivity contribution is 0.195. The molecule has 5 nitrogen and oxygen atoms in total. The number of aryl methyl sites for hydroxylation is 2. The summed E-state index contributed by atoms with van der Waals surface area (Å²) in [6.07, 6.45) is 10.2. The number of benzene rings is 1. The molecule has 6 heteroatoms. The first-order valence-corrected chi connectivity index (χ1v) is 11.5. The van der Waals surface area contributed by atoms with Crippen LogP contribution in [0.3, 0.4) is 0 Å². The van der Waals surface area contributed by atoms with E-state index in [1.807, 2.05) is 18.5 Å². The summed E-state index contributed by atoms with van der Waals surface area (Å²) in [6.45, 7) is 7.05. The van der Waals surface area contributed by atoms with Crippen LogP contribution in [0.2, 0.25) is 5.02 Å². The van der Waals surface area contributed by atoms with Crippen LogP contribution >= 0.6 is 11.6 Å². The highest BCUT2D eigenvalue weighted by Gasteiger charge is 2.31. The van der Waals surface area contributed by atoms with Gasteiger partial charge in [0.1, 0.15) is 5.82 Å². The van der Waals surface area contributed by atoms with E-state index in [9.17, 15) is 0 Å². The molecule has 1 N–H and O–H groups in total. The maximum absolute atomic E-state index is 6.43. The molecule has 0 saturated carbocycles. The molecule has 0 bridgehead atoms. The molecule has 160 valence electrons.